The molecule has 0 atom stereocenters. The van der Waals surface area contributed by atoms with E-state index in [1.807, 2.05) is 0 Å². The summed E-state index contributed by atoms with van der Waals surface area (Å²) in [5, 5.41) is 2.80. The first-order chi connectivity index (χ1) is 7.20. The summed E-state index contributed by atoms with van der Waals surface area (Å²) in [5.74, 6) is -0.611. The fourth-order valence-electron chi connectivity index (χ4n) is 1.33. The highest BCUT2D eigenvalue weighted by atomic mass is 19.1. The minimum absolute atomic E-state index is 0.202. The van der Waals surface area contributed by atoms with Gasteiger partial charge in [-0.15, -0.1) is 0 Å². The lowest BCUT2D eigenvalue weighted by Gasteiger charge is -2.04. The van der Waals surface area contributed by atoms with E-state index in [2.05, 4.69) is 11.9 Å². The van der Waals surface area contributed by atoms with Gasteiger partial charge >= 0.3 is 0 Å². The van der Waals surface area contributed by atoms with E-state index in [9.17, 15) is 9.18 Å². The van der Waals surface area contributed by atoms with Gasteiger partial charge in [-0.3, -0.25) is 4.79 Å². The summed E-state index contributed by atoms with van der Waals surface area (Å²) in [5.41, 5.74) is 0.781. The number of amides is 1. The predicted molar refractivity (Wildman–Crippen MR) is 57.0 cm³/mol. The quantitative estimate of drug-likeness (QED) is 0.806. The average Bonchev–Trinajstić information content (AvgIpc) is 3.01. The Morgan fingerprint density at radius 3 is 2.80 bits per heavy atom. The summed E-state index contributed by atoms with van der Waals surface area (Å²) >= 11 is 0. The van der Waals surface area contributed by atoms with Crippen LogP contribution in [0.15, 0.2) is 24.8 Å². The van der Waals surface area contributed by atoms with Crippen molar-refractivity contribution in [2.45, 2.75) is 18.9 Å². The van der Waals surface area contributed by atoms with Gasteiger partial charge in [0.25, 0.3) is 5.91 Å². The van der Waals surface area contributed by atoms with Gasteiger partial charge in [-0.25, -0.2) is 4.39 Å². The van der Waals surface area contributed by atoms with Crippen LogP contribution in [0.1, 0.15) is 28.8 Å². The molecule has 78 valence electrons. The van der Waals surface area contributed by atoms with Crippen molar-refractivity contribution in [3.05, 3.63) is 41.7 Å². The smallest absolute Gasteiger partial charge is 0.251 e. The van der Waals surface area contributed by atoms with Crippen molar-refractivity contribution in [3.63, 3.8) is 0 Å². The minimum Gasteiger partial charge on any atom is -0.349 e. The molecule has 0 radical (unpaired) electrons. The highest BCUT2D eigenvalue weighted by Gasteiger charge is 2.23. The Labute approximate surface area is 87.8 Å². The first-order valence-corrected chi connectivity index (χ1v) is 4.93. The molecule has 0 bridgehead atoms. The predicted octanol–water partition coefficient (Wildman–Crippen LogP) is 2.36. The Bertz CT molecular complexity index is 410. The molecule has 3 heteroatoms. The molecule has 0 saturated heterocycles. The summed E-state index contributed by atoms with van der Waals surface area (Å²) in [4.78, 5) is 11.5. The zero-order chi connectivity index (χ0) is 10.8. The maximum Gasteiger partial charge on any atom is 0.251 e. The Morgan fingerprint density at radius 1 is 1.53 bits per heavy atom. The third-order valence-electron chi connectivity index (χ3n) is 2.40. The zero-order valence-electron chi connectivity index (χ0n) is 8.29. The van der Waals surface area contributed by atoms with Crippen molar-refractivity contribution in [2.75, 3.05) is 0 Å². The van der Waals surface area contributed by atoms with E-state index in [0.29, 0.717) is 17.2 Å². The fourth-order valence-corrected chi connectivity index (χ4v) is 1.33. The van der Waals surface area contributed by atoms with Gasteiger partial charge in [0, 0.05) is 17.2 Å². The Kier molecular flexibility index (Phi) is 2.54. The van der Waals surface area contributed by atoms with Crippen molar-refractivity contribution in [1.29, 1.82) is 0 Å². The number of nitrogens with one attached hydrogen (secondary N) is 1. The van der Waals surface area contributed by atoms with Crippen molar-refractivity contribution in [3.8, 4) is 0 Å². The topological polar surface area (TPSA) is 29.1 Å². The number of rotatable bonds is 3. The lowest BCUT2D eigenvalue weighted by Crippen LogP contribution is -2.25. The van der Waals surface area contributed by atoms with Crippen LogP contribution < -0.4 is 5.32 Å². The molecule has 1 aliphatic carbocycles. The van der Waals surface area contributed by atoms with Gasteiger partial charge in [0.15, 0.2) is 0 Å². The van der Waals surface area contributed by atoms with Crippen LogP contribution in [0.5, 0.6) is 0 Å². The third-order valence-corrected chi connectivity index (χ3v) is 2.40. The van der Waals surface area contributed by atoms with Crippen molar-refractivity contribution >= 4 is 12.0 Å². The molecule has 1 aromatic carbocycles. The van der Waals surface area contributed by atoms with Crippen LogP contribution in [0.2, 0.25) is 0 Å². The lowest BCUT2D eigenvalue weighted by molar-refractivity contribution is 0.0950. The van der Waals surface area contributed by atoms with E-state index < -0.39 is 5.82 Å². The molecule has 1 saturated carbocycles. The maximum atomic E-state index is 13.3. The molecular weight excluding hydrogens is 193 g/mol. The van der Waals surface area contributed by atoms with Crippen molar-refractivity contribution in [2.24, 2.45) is 0 Å². The molecular formula is C12H12FNO. The highest BCUT2D eigenvalue weighted by Crippen LogP contribution is 2.19. The number of halogens is 1. The summed E-state index contributed by atoms with van der Waals surface area (Å²) in [7, 11) is 0. The molecule has 0 aromatic heterocycles. The molecule has 1 fully saturated rings. The van der Waals surface area contributed by atoms with Gasteiger partial charge < -0.3 is 5.32 Å². The largest absolute Gasteiger partial charge is 0.349 e. The second kappa shape index (κ2) is 3.85. The zero-order valence-corrected chi connectivity index (χ0v) is 8.29. The summed E-state index contributed by atoms with van der Waals surface area (Å²) in [6.45, 7) is 3.48. The molecule has 0 heterocycles. The molecule has 1 N–H and O–H groups in total. The van der Waals surface area contributed by atoms with Crippen LogP contribution >= 0.6 is 0 Å². The van der Waals surface area contributed by atoms with Crippen LogP contribution in [0, 0.1) is 5.82 Å². The number of benzene rings is 1. The molecule has 2 nitrogen and oxygen atoms in total. The van der Waals surface area contributed by atoms with Gasteiger partial charge in [-0.05, 0) is 25.0 Å². The molecule has 1 aromatic rings. The van der Waals surface area contributed by atoms with Crippen LogP contribution in [-0.2, 0) is 0 Å². The highest BCUT2D eigenvalue weighted by molar-refractivity contribution is 5.94. The molecule has 0 spiro atoms. The van der Waals surface area contributed by atoms with Gasteiger partial charge in [-0.2, -0.15) is 0 Å². The van der Waals surface area contributed by atoms with E-state index in [-0.39, 0.29) is 5.91 Å². The van der Waals surface area contributed by atoms with Crippen LogP contribution in [-0.4, -0.2) is 11.9 Å². The van der Waals surface area contributed by atoms with Crippen LogP contribution in [0.3, 0.4) is 0 Å². The van der Waals surface area contributed by atoms with Crippen LogP contribution in [0.25, 0.3) is 6.08 Å². The van der Waals surface area contributed by atoms with E-state index in [1.54, 1.807) is 12.1 Å². The SMILES string of the molecule is C=Cc1ccc(C(=O)NC2CC2)cc1F. The van der Waals surface area contributed by atoms with Crippen molar-refractivity contribution in [1.82, 2.24) is 5.32 Å². The first kappa shape index (κ1) is 9.90. The van der Waals surface area contributed by atoms with E-state index in [4.69, 9.17) is 0 Å². The standard InChI is InChI=1S/C12H12FNO/c1-2-8-3-4-9(7-11(8)13)12(15)14-10-5-6-10/h2-4,7,10H,1,5-6H2,(H,14,15). The number of hydrogen-bond acceptors (Lipinski definition) is 1. The van der Waals surface area contributed by atoms with Crippen molar-refractivity contribution < 1.29 is 9.18 Å². The number of hydrogen-bond donors (Lipinski definition) is 1. The summed E-state index contributed by atoms with van der Waals surface area (Å²) in [6, 6.07) is 4.70. The third kappa shape index (κ3) is 2.24. The monoisotopic (exact) mass is 205 g/mol. The van der Waals surface area contributed by atoms with Gasteiger partial charge in [-0.1, -0.05) is 18.7 Å². The Morgan fingerprint density at radius 2 is 2.27 bits per heavy atom. The average molecular weight is 205 g/mol. The summed E-state index contributed by atoms with van der Waals surface area (Å²) < 4.78 is 13.3. The van der Waals surface area contributed by atoms with E-state index in [0.717, 1.165) is 12.8 Å². The van der Waals surface area contributed by atoms with Gasteiger partial charge in [0.1, 0.15) is 5.82 Å². The molecule has 0 unspecified atom stereocenters. The maximum absolute atomic E-state index is 13.3. The normalized spacial score (nSPS) is 14.7. The Hall–Kier alpha value is -1.64. The number of carbonyl (C=O) groups excluding carboxylic acids is 1. The second-order valence-corrected chi connectivity index (χ2v) is 3.69. The van der Waals surface area contributed by atoms with E-state index in [1.165, 1.54) is 12.1 Å². The minimum atomic E-state index is -0.409. The summed E-state index contributed by atoms with van der Waals surface area (Å²) in [6.07, 6.45) is 3.48. The van der Waals surface area contributed by atoms with Gasteiger partial charge in [0.2, 0.25) is 0 Å². The number of carbonyl (C=O) groups is 1. The second-order valence-electron chi connectivity index (χ2n) is 3.69. The van der Waals surface area contributed by atoms with E-state index >= 15 is 0 Å². The Balaban J connectivity index is 2.16. The van der Waals surface area contributed by atoms with Gasteiger partial charge in [0.05, 0.1) is 0 Å². The molecule has 15 heavy (non-hydrogen) atoms. The molecule has 2 rings (SSSR count). The molecule has 1 aliphatic rings. The first-order valence-electron chi connectivity index (χ1n) is 4.93. The lowest BCUT2D eigenvalue weighted by atomic mass is 10.1. The molecule has 1 amide bonds. The fraction of sp³-hybridized carbons (Fsp3) is 0.250. The van der Waals surface area contributed by atoms with Crippen LogP contribution in [0.4, 0.5) is 4.39 Å². The molecule has 0 aliphatic heterocycles.